The number of carboxylic acids is 2. The Morgan fingerprint density at radius 1 is 0.724 bits per heavy atom. The molecule has 8 heteroatoms. The van der Waals surface area contributed by atoms with Crippen LogP contribution in [0.2, 0.25) is 0 Å². The molecule has 0 aliphatic heterocycles. The fourth-order valence-electron chi connectivity index (χ4n) is 2.20. The van der Waals surface area contributed by atoms with Gasteiger partial charge in [-0.3, -0.25) is 0 Å². The number of rotatable bonds is 4. The normalized spacial score (nSPS) is 10.0. The van der Waals surface area contributed by atoms with Gasteiger partial charge in [0, 0.05) is 5.69 Å². The van der Waals surface area contributed by atoms with Gasteiger partial charge in [0.25, 0.3) is 0 Å². The summed E-state index contributed by atoms with van der Waals surface area (Å²) in [5, 5.41) is 20.1. The Labute approximate surface area is 175 Å². The summed E-state index contributed by atoms with van der Waals surface area (Å²) in [6.07, 6.45) is 0. The first-order chi connectivity index (χ1) is 13.5. The van der Waals surface area contributed by atoms with Gasteiger partial charge in [-0.1, -0.05) is 48.5 Å². The van der Waals surface area contributed by atoms with Crippen LogP contribution in [-0.2, 0) is 0 Å². The molecule has 0 amide bonds. The van der Waals surface area contributed by atoms with Crippen LogP contribution in [0, 0.1) is 0 Å². The van der Waals surface area contributed by atoms with Crippen molar-refractivity contribution in [3.05, 3.63) is 96.1 Å². The first-order valence-corrected chi connectivity index (χ1v) is 8.24. The fraction of sp³-hybridized carbons (Fsp3) is 0. The summed E-state index contributed by atoms with van der Waals surface area (Å²) >= 11 is 0. The molecule has 0 unspecified atom stereocenters. The van der Waals surface area contributed by atoms with Gasteiger partial charge >= 0.3 is 11.9 Å². The van der Waals surface area contributed by atoms with Gasteiger partial charge in [-0.15, -0.1) is 0 Å². The van der Waals surface area contributed by atoms with E-state index in [4.69, 9.17) is 15.9 Å². The lowest BCUT2D eigenvalue weighted by Crippen LogP contribution is -2.21. The molecule has 0 atom stereocenters. The quantitative estimate of drug-likeness (QED) is 0.381. The van der Waals surface area contributed by atoms with Gasteiger partial charge < -0.3 is 21.3 Å². The van der Waals surface area contributed by atoms with Crippen LogP contribution in [0.3, 0.4) is 0 Å². The Hall–Kier alpha value is -3.78. The highest BCUT2D eigenvalue weighted by Gasteiger charge is 2.13. The van der Waals surface area contributed by atoms with Crippen LogP contribution in [0.1, 0.15) is 20.7 Å². The lowest BCUT2D eigenvalue weighted by atomic mass is 10.1. The summed E-state index contributed by atoms with van der Waals surface area (Å²) in [7, 11) is 0. The molecule has 3 aromatic carbocycles. The molecule has 0 aromatic heterocycles. The van der Waals surface area contributed by atoms with Gasteiger partial charge in [0.05, 0.1) is 16.8 Å². The third kappa shape index (κ3) is 7.77. The second kappa shape index (κ2) is 11.8. The highest BCUT2D eigenvalue weighted by Crippen LogP contribution is 2.11. The topological polar surface area (TPSA) is 125 Å². The van der Waals surface area contributed by atoms with E-state index >= 15 is 0 Å². The Bertz CT molecular complexity index is 931. The maximum absolute atomic E-state index is 10.5. The molecule has 0 aliphatic rings. The van der Waals surface area contributed by atoms with Crippen LogP contribution < -0.4 is 11.1 Å². The van der Waals surface area contributed by atoms with E-state index in [-0.39, 0.29) is 24.6 Å². The van der Waals surface area contributed by atoms with Gasteiger partial charge in [0.1, 0.15) is 0 Å². The van der Waals surface area contributed by atoms with Gasteiger partial charge in [-0.2, -0.15) is 13.5 Å². The van der Waals surface area contributed by atoms with E-state index in [1.807, 2.05) is 60.7 Å². The number of anilines is 1. The van der Waals surface area contributed by atoms with Gasteiger partial charge in [-0.05, 0) is 36.4 Å². The predicted octanol–water partition coefficient (Wildman–Crippen LogP) is 3.94. The average Bonchev–Trinajstić information content (AvgIpc) is 2.70. The average molecular weight is 411 g/mol. The van der Waals surface area contributed by atoms with Crippen molar-refractivity contribution in [2.24, 2.45) is 10.7 Å². The molecule has 0 radical (unpaired) electrons. The Balaban J connectivity index is 0.000000292. The number of nitrogens with one attached hydrogen (secondary N) is 1. The number of carboxylic acid groups (broad SMARTS) is 2. The van der Waals surface area contributed by atoms with Crippen molar-refractivity contribution < 1.29 is 19.8 Å². The minimum absolute atomic E-state index is 0. The van der Waals surface area contributed by atoms with Crippen LogP contribution in [0.4, 0.5) is 11.4 Å². The maximum atomic E-state index is 10.5. The first-order valence-electron chi connectivity index (χ1n) is 8.24. The standard InChI is InChI=1S/C13H13N3.C8H6O4.H2S/c14-13(15-11-7-3-1-4-8-11)16-12-9-5-2-6-10-12;9-7(10)5-3-1-2-4-6(5)8(11)12;/h1-10H,(H3,14,15,16);1-4H,(H,9,10)(H,11,12);1H2. The van der Waals surface area contributed by atoms with E-state index < -0.39 is 11.9 Å². The minimum Gasteiger partial charge on any atom is -0.478 e. The maximum Gasteiger partial charge on any atom is 0.336 e. The zero-order valence-electron chi connectivity index (χ0n) is 15.3. The zero-order valence-corrected chi connectivity index (χ0v) is 16.3. The van der Waals surface area contributed by atoms with Crippen molar-refractivity contribution >= 4 is 42.8 Å². The van der Waals surface area contributed by atoms with E-state index in [9.17, 15) is 9.59 Å². The Kier molecular flexibility index (Phi) is 9.49. The number of aliphatic imine (C=N–C) groups is 1. The van der Waals surface area contributed by atoms with E-state index in [1.165, 1.54) is 24.3 Å². The van der Waals surface area contributed by atoms with Crippen molar-refractivity contribution in [3.63, 3.8) is 0 Å². The molecule has 0 saturated heterocycles. The van der Waals surface area contributed by atoms with Crippen molar-refractivity contribution in [2.75, 3.05) is 5.32 Å². The number of hydrogen-bond acceptors (Lipinski definition) is 3. The molecule has 0 bridgehead atoms. The van der Waals surface area contributed by atoms with Crippen LogP contribution in [0.5, 0.6) is 0 Å². The molecule has 3 rings (SSSR count). The third-order valence-corrected chi connectivity index (χ3v) is 3.44. The van der Waals surface area contributed by atoms with Crippen molar-refractivity contribution in [3.8, 4) is 0 Å². The first kappa shape index (κ1) is 23.3. The van der Waals surface area contributed by atoms with Crippen LogP contribution in [0.25, 0.3) is 0 Å². The number of para-hydroxylation sites is 2. The van der Waals surface area contributed by atoms with Crippen molar-refractivity contribution in [2.45, 2.75) is 0 Å². The van der Waals surface area contributed by atoms with E-state index in [2.05, 4.69) is 10.3 Å². The number of nitrogens with two attached hydrogens (primary N) is 1. The summed E-state index contributed by atoms with van der Waals surface area (Å²) < 4.78 is 0. The van der Waals surface area contributed by atoms with Gasteiger partial charge in [-0.25, -0.2) is 14.6 Å². The fourth-order valence-corrected chi connectivity index (χ4v) is 2.20. The highest BCUT2D eigenvalue weighted by atomic mass is 32.1. The molecular formula is C21H21N3O4S. The van der Waals surface area contributed by atoms with E-state index in [1.54, 1.807) is 0 Å². The number of carbonyl (C=O) groups is 2. The van der Waals surface area contributed by atoms with Gasteiger partial charge in [0.2, 0.25) is 0 Å². The summed E-state index contributed by atoms with van der Waals surface area (Å²) in [5.74, 6) is -2.07. The van der Waals surface area contributed by atoms with Crippen LogP contribution >= 0.6 is 13.5 Å². The number of nitrogens with zero attached hydrogens (tertiary/aromatic N) is 1. The SMILES string of the molecule is NC(=Nc1ccccc1)Nc1ccccc1.O=C(O)c1ccccc1C(=O)O.S. The summed E-state index contributed by atoms with van der Waals surface area (Å²) in [6.45, 7) is 0. The minimum atomic E-state index is -1.23. The summed E-state index contributed by atoms with van der Waals surface area (Å²) in [6, 6.07) is 24.8. The Morgan fingerprint density at radius 3 is 1.59 bits per heavy atom. The number of guanidine groups is 1. The number of benzene rings is 3. The lowest BCUT2D eigenvalue weighted by molar-refractivity contribution is 0.0651. The molecule has 3 aromatic rings. The molecule has 0 heterocycles. The van der Waals surface area contributed by atoms with Crippen LogP contribution in [0.15, 0.2) is 89.9 Å². The monoisotopic (exact) mass is 411 g/mol. The second-order valence-electron chi connectivity index (χ2n) is 5.48. The predicted molar refractivity (Wildman–Crippen MR) is 119 cm³/mol. The van der Waals surface area contributed by atoms with Gasteiger partial charge in [0.15, 0.2) is 5.96 Å². The number of aromatic carboxylic acids is 2. The summed E-state index contributed by atoms with van der Waals surface area (Å²) in [5.41, 5.74) is 7.16. The molecule has 0 fully saturated rings. The van der Waals surface area contributed by atoms with E-state index in [0.717, 1.165) is 11.4 Å². The van der Waals surface area contributed by atoms with Crippen molar-refractivity contribution in [1.82, 2.24) is 0 Å². The highest BCUT2D eigenvalue weighted by molar-refractivity contribution is 7.59. The molecule has 150 valence electrons. The number of hydrogen-bond donors (Lipinski definition) is 4. The molecule has 0 saturated carbocycles. The largest absolute Gasteiger partial charge is 0.478 e. The van der Waals surface area contributed by atoms with Crippen molar-refractivity contribution in [1.29, 1.82) is 0 Å². The van der Waals surface area contributed by atoms with Crippen LogP contribution in [-0.4, -0.2) is 28.1 Å². The third-order valence-electron chi connectivity index (χ3n) is 3.44. The molecule has 0 aliphatic carbocycles. The molecule has 29 heavy (non-hydrogen) atoms. The lowest BCUT2D eigenvalue weighted by Gasteiger charge is -2.04. The smallest absolute Gasteiger partial charge is 0.336 e. The Morgan fingerprint density at radius 2 is 1.14 bits per heavy atom. The molecular weight excluding hydrogens is 390 g/mol. The molecule has 0 spiro atoms. The van der Waals surface area contributed by atoms with E-state index in [0.29, 0.717) is 5.96 Å². The zero-order chi connectivity index (χ0) is 20.4. The molecule has 5 N–H and O–H groups in total. The summed E-state index contributed by atoms with van der Waals surface area (Å²) in [4.78, 5) is 25.2. The molecule has 7 nitrogen and oxygen atoms in total. The second-order valence-corrected chi connectivity index (χ2v) is 5.48.